The zero-order valence-corrected chi connectivity index (χ0v) is 21.6. The maximum atomic E-state index is 13.4. The van der Waals surface area contributed by atoms with Gasteiger partial charge in [-0.15, -0.1) is 0 Å². The van der Waals surface area contributed by atoms with E-state index in [4.69, 9.17) is 0 Å². The Morgan fingerprint density at radius 1 is 1.12 bits per heavy atom. The number of rotatable bonds is 6. The number of carbonyl (C=O) groups is 3. The number of benzene rings is 2. The number of carbonyl (C=O) groups excluding carboxylic acids is 3. The van der Waals surface area contributed by atoms with Gasteiger partial charge in [-0.1, -0.05) is 24.3 Å². The fraction of sp³-hybridized carbons (Fsp3) is 0.393. The van der Waals surface area contributed by atoms with Gasteiger partial charge in [0.2, 0.25) is 5.91 Å². The Morgan fingerprint density at radius 2 is 1.80 bits per heavy atom. The van der Waals surface area contributed by atoms with E-state index in [1.807, 2.05) is 0 Å². The predicted octanol–water partition coefficient (Wildman–Crippen LogP) is 3.89. The van der Waals surface area contributed by atoms with E-state index in [0.717, 1.165) is 5.56 Å². The Labute approximate surface area is 227 Å². The first-order valence-corrected chi connectivity index (χ1v) is 12.9. The van der Waals surface area contributed by atoms with Crippen LogP contribution in [0.25, 0.3) is 10.9 Å². The molecule has 212 valence electrons. The van der Waals surface area contributed by atoms with E-state index in [0.29, 0.717) is 44.5 Å². The van der Waals surface area contributed by atoms with Crippen LogP contribution < -0.4 is 15.4 Å². The maximum Gasteiger partial charge on any atom is 0.491 e. The van der Waals surface area contributed by atoms with Crippen LogP contribution in [0.3, 0.4) is 0 Å². The normalized spacial score (nSPS) is 19.9. The summed E-state index contributed by atoms with van der Waals surface area (Å²) in [6.45, 7) is 3.86. The van der Waals surface area contributed by atoms with Gasteiger partial charge in [0.05, 0.1) is 5.41 Å². The monoisotopic (exact) mass is 560 g/mol. The van der Waals surface area contributed by atoms with Crippen molar-refractivity contribution in [2.24, 2.45) is 5.41 Å². The average Bonchev–Trinajstić information content (AvgIpc) is 3.43. The second-order valence-electron chi connectivity index (χ2n) is 10.4. The lowest BCUT2D eigenvalue weighted by atomic mass is 9.68. The molecule has 2 aliphatic rings. The van der Waals surface area contributed by atoms with Crippen molar-refractivity contribution < 1.29 is 36.7 Å². The molecule has 0 aliphatic carbocycles. The summed E-state index contributed by atoms with van der Waals surface area (Å²) in [5, 5.41) is 5.90. The van der Waals surface area contributed by atoms with Crippen molar-refractivity contribution in [3.8, 4) is 5.75 Å². The summed E-state index contributed by atoms with van der Waals surface area (Å²) >= 11 is 0. The summed E-state index contributed by atoms with van der Waals surface area (Å²) < 4.78 is 56.7. The summed E-state index contributed by atoms with van der Waals surface area (Å²) in [6, 6.07) is 12.0. The minimum atomic E-state index is -5.23. The molecule has 1 spiro atoms. The van der Waals surface area contributed by atoms with Crippen molar-refractivity contribution in [2.75, 3.05) is 26.2 Å². The number of aromatic nitrogens is 1. The molecule has 1 aromatic heterocycles. The number of halogens is 4. The third kappa shape index (κ3) is 5.27. The molecule has 8 nitrogen and oxygen atoms in total. The van der Waals surface area contributed by atoms with E-state index in [1.165, 1.54) is 18.2 Å². The number of nitrogens with one attached hydrogen (secondary N) is 3. The summed E-state index contributed by atoms with van der Waals surface area (Å²) in [5.74, 6) is -4.03. The quantitative estimate of drug-likeness (QED) is 0.314. The number of piperidine rings is 1. The molecule has 2 aliphatic heterocycles. The summed E-state index contributed by atoms with van der Waals surface area (Å²) in [6.07, 6.45) is -4.06. The number of esters is 1. The van der Waals surface area contributed by atoms with Crippen LogP contribution in [0.2, 0.25) is 0 Å². The number of H-pyrrole nitrogens is 1. The third-order valence-corrected chi connectivity index (χ3v) is 7.83. The van der Waals surface area contributed by atoms with Gasteiger partial charge in [-0.25, -0.2) is 9.18 Å². The number of aromatic amines is 1. The molecule has 3 heterocycles. The summed E-state index contributed by atoms with van der Waals surface area (Å²) in [7, 11) is 0. The Morgan fingerprint density at radius 3 is 2.48 bits per heavy atom. The van der Waals surface area contributed by atoms with Gasteiger partial charge in [-0.05, 0) is 62.7 Å². The zero-order valence-electron chi connectivity index (χ0n) is 21.6. The minimum absolute atomic E-state index is 0.0115. The largest absolute Gasteiger partial charge is 0.491 e. The zero-order chi connectivity index (χ0) is 28.7. The average molecular weight is 561 g/mol. The second-order valence-corrected chi connectivity index (χ2v) is 10.4. The number of alkyl halides is 3. The highest BCUT2D eigenvalue weighted by molar-refractivity contribution is 6.04. The van der Waals surface area contributed by atoms with Gasteiger partial charge in [0, 0.05) is 36.0 Å². The van der Waals surface area contributed by atoms with Gasteiger partial charge in [0.1, 0.15) is 11.5 Å². The number of amides is 2. The lowest BCUT2D eigenvalue weighted by molar-refractivity contribution is -0.189. The molecule has 3 N–H and O–H groups in total. The van der Waals surface area contributed by atoms with Crippen LogP contribution in [0.5, 0.6) is 5.75 Å². The Hall–Kier alpha value is -3.93. The highest BCUT2D eigenvalue weighted by Crippen LogP contribution is 2.47. The highest BCUT2D eigenvalue weighted by Gasteiger charge is 2.52. The van der Waals surface area contributed by atoms with E-state index in [1.54, 1.807) is 37.3 Å². The van der Waals surface area contributed by atoms with Gasteiger partial charge in [0.25, 0.3) is 5.91 Å². The molecule has 12 heteroatoms. The van der Waals surface area contributed by atoms with Gasteiger partial charge < -0.3 is 25.3 Å². The van der Waals surface area contributed by atoms with Gasteiger partial charge in [0.15, 0.2) is 5.75 Å². The van der Waals surface area contributed by atoms with E-state index < -0.39 is 35.3 Å². The SMILES string of the molecule is C[C@@H](CN1CCC2(CC1)C(=O)NC[C@@H]2c1ccc(F)cc1)NC(=O)c1[nH]c2ccccc2c1OC(=O)C(F)(F)F. The molecule has 0 unspecified atom stereocenters. The topological polar surface area (TPSA) is 104 Å². The van der Waals surface area contributed by atoms with E-state index >= 15 is 0 Å². The van der Waals surface area contributed by atoms with Gasteiger partial charge in [-0.3, -0.25) is 9.59 Å². The number of fused-ring (bicyclic) bond motifs is 1. The van der Waals surface area contributed by atoms with Crippen molar-refractivity contribution in [3.63, 3.8) is 0 Å². The number of ether oxygens (including phenoxy) is 1. The number of likely N-dealkylation sites (tertiary alicyclic amines) is 1. The van der Waals surface area contributed by atoms with Crippen LogP contribution in [0.4, 0.5) is 17.6 Å². The van der Waals surface area contributed by atoms with Crippen molar-refractivity contribution >= 4 is 28.7 Å². The van der Waals surface area contributed by atoms with Crippen LogP contribution >= 0.6 is 0 Å². The summed E-state index contributed by atoms with van der Waals surface area (Å²) in [4.78, 5) is 42.4. The molecule has 0 saturated carbocycles. The Bertz CT molecular complexity index is 1430. The van der Waals surface area contributed by atoms with Crippen LogP contribution in [0, 0.1) is 11.2 Å². The predicted molar refractivity (Wildman–Crippen MR) is 137 cm³/mol. The molecule has 3 aromatic rings. The van der Waals surface area contributed by atoms with E-state index in [-0.39, 0.29) is 28.7 Å². The fourth-order valence-electron chi connectivity index (χ4n) is 5.83. The molecule has 2 saturated heterocycles. The smallest absolute Gasteiger partial charge is 0.417 e. The van der Waals surface area contributed by atoms with Crippen LogP contribution in [0.1, 0.15) is 41.7 Å². The van der Waals surface area contributed by atoms with Gasteiger partial charge in [-0.2, -0.15) is 13.2 Å². The van der Waals surface area contributed by atoms with Crippen molar-refractivity contribution in [3.05, 3.63) is 65.6 Å². The highest BCUT2D eigenvalue weighted by atomic mass is 19.4. The third-order valence-electron chi connectivity index (χ3n) is 7.83. The van der Waals surface area contributed by atoms with Crippen LogP contribution in [-0.4, -0.2) is 66.1 Å². The number of hydrogen-bond acceptors (Lipinski definition) is 5. The first-order valence-electron chi connectivity index (χ1n) is 12.9. The maximum absolute atomic E-state index is 13.4. The minimum Gasteiger partial charge on any atom is -0.417 e. The number of nitrogens with zero attached hydrogens (tertiary/aromatic N) is 1. The van der Waals surface area contributed by atoms with Crippen molar-refractivity contribution in [2.45, 2.75) is 37.9 Å². The van der Waals surface area contributed by atoms with Crippen LogP contribution in [0.15, 0.2) is 48.5 Å². The van der Waals surface area contributed by atoms with E-state index in [2.05, 4.69) is 25.3 Å². The number of hydrogen-bond donors (Lipinski definition) is 3. The number of para-hydroxylation sites is 1. The first kappa shape index (κ1) is 27.6. The molecular weight excluding hydrogens is 532 g/mol. The summed E-state index contributed by atoms with van der Waals surface area (Å²) in [5.41, 5.74) is 0.377. The van der Waals surface area contributed by atoms with E-state index in [9.17, 15) is 31.9 Å². The van der Waals surface area contributed by atoms with Crippen molar-refractivity contribution in [1.82, 2.24) is 20.5 Å². The molecule has 2 fully saturated rings. The fourth-order valence-corrected chi connectivity index (χ4v) is 5.83. The van der Waals surface area contributed by atoms with Gasteiger partial charge >= 0.3 is 12.1 Å². The van der Waals surface area contributed by atoms with Crippen molar-refractivity contribution in [1.29, 1.82) is 0 Å². The molecular formula is C28H28F4N4O4. The lowest BCUT2D eigenvalue weighted by Gasteiger charge is -2.41. The Kier molecular flexibility index (Phi) is 7.30. The first-order chi connectivity index (χ1) is 19.0. The van der Waals surface area contributed by atoms with Crippen LogP contribution in [-0.2, 0) is 9.59 Å². The molecule has 5 rings (SSSR count). The molecule has 0 radical (unpaired) electrons. The molecule has 0 bridgehead atoms. The molecule has 40 heavy (non-hydrogen) atoms. The standard InChI is InChI=1S/C28H28F4N4O4/c1-16(34-24(37)22-23(40-26(39)28(30,31)32)19-4-2-3-5-21(19)35-22)15-36-12-10-27(11-13-36)20(14-33-25(27)38)17-6-8-18(29)9-7-17/h2-9,16,20,35H,10-15H2,1H3,(H,33,38)(H,34,37)/t16-,20+/m0/s1. The molecule has 2 aromatic carbocycles. The lowest BCUT2D eigenvalue weighted by Crippen LogP contribution is -2.49. The molecule has 2 amide bonds. The second kappa shape index (κ2) is 10.6. The Balaban J connectivity index is 1.24. The molecule has 2 atom stereocenters.